The van der Waals surface area contributed by atoms with Gasteiger partial charge in [-0.05, 0) is 25.0 Å². The van der Waals surface area contributed by atoms with E-state index in [1.807, 2.05) is 0 Å². The summed E-state index contributed by atoms with van der Waals surface area (Å²) in [5.41, 5.74) is 0. The number of amides is 1. The Morgan fingerprint density at radius 3 is 2.43 bits per heavy atom. The lowest BCUT2D eigenvalue weighted by Crippen LogP contribution is -2.50. The topological polar surface area (TPSA) is 114 Å². The van der Waals surface area contributed by atoms with Gasteiger partial charge in [-0.1, -0.05) is 30.0 Å². The van der Waals surface area contributed by atoms with Crippen LogP contribution >= 0.6 is 11.8 Å². The van der Waals surface area contributed by atoms with Gasteiger partial charge in [-0.15, -0.1) is 10.2 Å². The van der Waals surface area contributed by atoms with Gasteiger partial charge in [-0.2, -0.15) is 4.31 Å². The van der Waals surface area contributed by atoms with Crippen LogP contribution in [0.3, 0.4) is 0 Å². The van der Waals surface area contributed by atoms with Gasteiger partial charge in [0.1, 0.15) is 0 Å². The van der Waals surface area contributed by atoms with Crippen LogP contribution in [0.2, 0.25) is 0 Å². The highest BCUT2D eigenvalue weighted by Gasteiger charge is 2.31. The van der Waals surface area contributed by atoms with Crippen LogP contribution < -0.4 is 5.84 Å². The van der Waals surface area contributed by atoms with Crippen molar-refractivity contribution in [2.24, 2.45) is 0 Å². The van der Waals surface area contributed by atoms with Crippen LogP contribution in [-0.2, 0) is 14.8 Å². The summed E-state index contributed by atoms with van der Waals surface area (Å²) >= 11 is 1.26. The van der Waals surface area contributed by atoms with E-state index in [-0.39, 0.29) is 29.6 Å². The van der Waals surface area contributed by atoms with Gasteiger partial charge >= 0.3 is 0 Å². The minimum atomic E-state index is -3.52. The molecule has 2 fully saturated rings. The molecule has 0 bridgehead atoms. The second-order valence-electron chi connectivity index (χ2n) is 6.87. The van der Waals surface area contributed by atoms with E-state index < -0.39 is 10.0 Å². The molecule has 0 spiro atoms. The quantitative estimate of drug-likeness (QED) is 0.532. The molecule has 4 rings (SSSR count). The van der Waals surface area contributed by atoms with Gasteiger partial charge in [0.25, 0.3) is 0 Å². The molecule has 9 nitrogen and oxygen atoms in total. The summed E-state index contributed by atoms with van der Waals surface area (Å²) in [5.74, 6) is 7.31. The maximum absolute atomic E-state index is 12.7. The van der Waals surface area contributed by atoms with Gasteiger partial charge in [0.2, 0.25) is 21.1 Å². The zero-order chi connectivity index (χ0) is 19.7. The van der Waals surface area contributed by atoms with Crippen molar-refractivity contribution in [2.75, 3.05) is 37.8 Å². The number of carbonyl (C=O) groups is 1. The van der Waals surface area contributed by atoms with Gasteiger partial charge in [0.05, 0.1) is 10.6 Å². The molecule has 2 aromatic rings. The normalized spacial score (nSPS) is 18.4. The Bertz CT molecular complexity index is 951. The lowest BCUT2D eigenvalue weighted by atomic mass is 10.3. The average molecular weight is 423 g/mol. The summed E-state index contributed by atoms with van der Waals surface area (Å²) in [4.78, 5) is 14.5. The number of piperazine rings is 1. The predicted molar refractivity (Wildman–Crippen MR) is 105 cm³/mol. The van der Waals surface area contributed by atoms with Gasteiger partial charge in [0, 0.05) is 32.1 Å². The Morgan fingerprint density at radius 2 is 1.79 bits per heavy atom. The number of nitrogens with two attached hydrogens (primary N) is 1. The lowest BCUT2D eigenvalue weighted by Gasteiger charge is -2.34. The van der Waals surface area contributed by atoms with Crippen LogP contribution in [0.25, 0.3) is 0 Å². The molecule has 150 valence electrons. The van der Waals surface area contributed by atoms with Gasteiger partial charge in [-0.3, -0.25) is 4.79 Å². The van der Waals surface area contributed by atoms with Crippen LogP contribution in [0.5, 0.6) is 0 Å². The van der Waals surface area contributed by atoms with Crippen LogP contribution in [0, 0.1) is 0 Å². The monoisotopic (exact) mass is 422 g/mol. The molecule has 2 N–H and O–H groups in total. The largest absolute Gasteiger partial charge is 0.339 e. The zero-order valence-electron chi connectivity index (χ0n) is 15.3. The Labute approximate surface area is 167 Å². The van der Waals surface area contributed by atoms with Crippen LogP contribution in [0.4, 0.5) is 0 Å². The zero-order valence-corrected chi connectivity index (χ0v) is 16.9. The van der Waals surface area contributed by atoms with Crippen molar-refractivity contribution in [1.29, 1.82) is 0 Å². The highest BCUT2D eigenvalue weighted by molar-refractivity contribution is 7.99. The first-order valence-electron chi connectivity index (χ1n) is 9.13. The minimum Gasteiger partial charge on any atom is -0.339 e. The van der Waals surface area contributed by atoms with Crippen LogP contribution in [0.1, 0.15) is 24.6 Å². The van der Waals surface area contributed by atoms with E-state index in [0.717, 1.165) is 18.7 Å². The number of carbonyl (C=O) groups excluding carboxylic acids is 1. The molecule has 1 amide bonds. The van der Waals surface area contributed by atoms with Crippen molar-refractivity contribution in [3.8, 4) is 0 Å². The fraction of sp³-hybridized carbons (Fsp3) is 0.471. The van der Waals surface area contributed by atoms with E-state index in [4.69, 9.17) is 5.84 Å². The number of nitrogens with zero attached hydrogens (tertiary/aromatic N) is 5. The van der Waals surface area contributed by atoms with E-state index in [1.165, 1.54) is 20.7 Å². The molecule has 1 saturated carbocycles. The highest BCUT2D eigenvalue weighted by atomic mass is 32.2. The van der Waals surface area contributed by atoms with Crippen molar-refractivity contribution < 1.29 is 13.2 Å². The summed E-state index contributed by atoms with van der Waals surface area (Å²) in [5, 5.41) is 8.70. The van der Waals surface area contributed by atoms with Crippen molar-refractivity contribution in [2.45, 2.75) is 28.8 Å². The second-order valence-corrected chi connectivity index (χ2v) is 9.75. The Hall–Kier alpha value is -2.11. The van der Waals surface area contributed by atoms with Crippen molar-refractivity contribution in [3.05, 3.63) is 36.2 Å². The molecule has 0 radical (unpaired) electrons. The molecule has 1 aromatic carbocycles. The van der Waals surface area contributed by atoms with Crippen LogP contribution in [-0.4, -0.2) is 70.3 Å². The van der Waals surface area contributed by atoms with Crippen molar-refractivity contribution >= 4 is 27.7 Å². The number of sulfonamides is 1. The fourth-order valence-electron chi connectivity index (χ4n) is 3.14. The second kappa shape index (κ2) is 7.72. The van der Waals surface area contributed by atoms with Gasteiger partial charge in [0.15, 0.2) is 5.82 Å². The first kappa shape index (κ1) is 19.2. The van der Waals surface area contributed by atoms with E-state index in [9.17, 15) is 13.2 Å². The number of thioether (sulfide) groups is 1. The first-order chi connectivity index (χ1) is 13.5. The Balaban J connectivity index is 1.30. The Morgan fingerprint density at radius 1 is 1.11 bits per heavy atom. The summed E-state index contributed by atoms with van der Waals surface area (Å²) in [7, 11) is -3.52. The van der Waals surface area contributed by atoms with E-state index in [2.05, 4.69) is 10.2 Å². The van der Waals surface area contributed by atoms with Crippen molar-refractivity contribution in [3.63, 3.8) is 0 Å². The number of nitrogen functional groups attached to an aromatic ring is 1. The molecule has 0 atom stereocenters. The highest BCUT2D eigenvalue weighted by Crippen LogP contribution is 2.39. The summed E-state index contributed by atoms with van der Waals surface area (Å²) in [6, 6.07) is 8.36. The maximum atomic E-state index is 12.7. The van der Waals surface area contributed by atoms with E-state index in [1.54, 1.807) is 35.2 Å². The molecule has 11 heteroatoms. The third kappa shape index (κ3) is 3.87. The molecule has 1 aliphatic carbocycles. The molecule has 0 unspecified atom stereocenters. The van der Waals surface area contributed by atoms with E-state index in [0.29, 0.717) is 24.2 Å². The third-order valence-corrected chi connectivity index (χ3v) is 7.77. The number of rotatable bonds is 6. The molecule has 28 heavy (non-hydrogen) atoms. The fourth-order valence-corrected chi connectivity index (χ4v) is 5.35. The average Bonchev–Trinajstić information content (AvgIpc) is 3.50. The first-order valence-corrected chi connectivity index (χ1v) is 11.6. The van der Waals surface area contributed by atoms with Crippen molar-refractivity contribution in [1.82, 2.24) is 24.1 Å². The molecule has 1 aliphatic heterocycles. The lowest BCUT2D eigenvalue weighted by molar-refractivity contribution is -0.129. The number of benzene rings is 1. The SMILES string of the molecule is Nn1c(SCC(=O)N2CCN(S(=O)(=O)c3ccccc3)CC2)nnc1C1CC1. The summed E-state index contributed by atoms with van der Waals surface area (Å²) in [6.07, 6.45) is 2.16. The molecule has 1 aromatic heterocycles. The molecule has 1 saturated heterocycles. The van der Waals surface area contributed by atoms with Gasteiger partial charge < -0.3 is 10.7 Å². The van der Waals surface area contributed by atoms with E-state index >= 15 is 0 Å². The summed E-state index contributed by atoms with van der Waals surface area (Å²) < 4.78 is 28.2. The minimum absolute atomic E-state index is 0.0577. The summed E-state index contributed by atoms with van der Waals surface area (Å²) in [6.45, 7) is 1.31. The molecule has 2 heterocycles. The third-order valence-electron chi connectivity index (χ3n) is 4.93. The molecular weight excluding hydrogens is 400 g/mol. The van der Waals surface area contributed by atoms with Gasteiger partial charge in [-0.25, -0.2) is 13.1 Å². The predicted octanol–water partition coefficient (Wildman–Crippen LogP) is 0.495. The Kier molecular flexibility index (Phi) is 5.30. The number of aromatic nitrogens is 3. The number of hydrogen-bond donors (Lipinski definition) is 1. The molecule has 2 aliphatic rings. The smallest absolute Gasteiger partial charge is 0.243 e. The maximum Gasteiger partial charge on any atom is 0.243 e. The van der Waals surface area contributed by atoms with Crippen LogP contribution in [0.15, 0.2) is 40.4 Å². The number of hydrogen-bond acceptors (Lipinski definition) is 7. The molecular formula is C17H22N6O3S2. The standard InChI is InChI=1S/C17H22N6O3S2/c18-23-16(13-6-7-13)19-20-17(23)27-12-15(24)21-8-10-22(11-9-21)28(25,26)14-4-2-1-3-5-14/h1-5,13H,6-12,18H2.